The third kappa shape index (κ3) is 8.51. The first-order chi connectivity index (χ1) is 21.7. The number of carbonyl (C=O) groups is 1. The minimum atomic E-state index is -4.85. The van der Waals surface area contributed by atoms with Gasteiger partial charge in [-0.2, -0.15) is 0 Å². The Morgan fingerprint density at radius 2 is 1.76 bits per heavy atom. The number of anilines is 2. The zero-order valence-corrected chi connectivity index (χ0v) is 25.3. The van der Waals surface area contributed by atoms with Crippen molar-refractivity contribution in [2.24, 2.45) is 5.73 Å². The highest BCUT2D eigenvalue weighted by Crippen LogP contribution is 2.44. The van der Waals surface area contributed by atoms with E-state index < -0.39 is 68.4 Å². The van der Waals surface area contributed by atoms with Crippen molar-refractivity contribution < 1.29 is 47.0 Å². The van der Waals surface area contributed by atoms with Crippen LogP contribution in [0.4, 0.5) is 20.3 Å². The molecule has 0 radical (unpaired) electrons. The van der Waals surface area contributed by atoms with Crippen LogP contribution in [0.3, 0.4) is 0 Å². The summed E-state index contributed by atoms with van der Waals surface area (Å²) in [6, 6.07) is 9.50. The van der Waals surface area contributed by atoms with Crippen LogP contribution in [0.1, 0.15) is 10.4 Å². The fourth-order valence-electron chi connectivity index (χ4n) is 3.73. The Hall–Kier alpha value is -4.25. The predicted molar refractivity (Wildman–Crippen MR) is 162 cm³/mol. The second-order valence-electron chi connectivity index (χ2n) is 9.82. The number of nitrogens with one attached hydrogen (secondary N) is 1. The third-order valence-electron chi connectivity index (χ3n) is 6.28. The lowest BCUT2D eigenvalue weighted by atomic mass is 10.0. The van der Waals surface area contributed by atoms with Gasteiger partial charge in [0.25, 0.3) is 5.91 Å². The summed E-state index contributed by atoms with van der Waals surface area (Å²) in [5, 5.41) is 20.9. The molecule has 0 aliphatic rings. The second kappa shape index (κ2) is 14.5. The number of benzene rings is 2. The van der Waals surface area contributed by atoms with Gasteiger partial charge in [-0.1, -0.05) is 23.7 Å². The molecule has 2 heterocycles. The number of rotatable bonds is 13. The summed E-state index contributed by atoms with van der Waals surface area (Å²) in [5.41, 5.74) is 8.23. The van der Waals surface area contributed by atoms with Gasteiger partial charge in [0.2, 0.25) is 5.43 Å². The standard InChI is InChI=1S/C28H27ClF2N5O9P/c29-24-23(7-8-34-26(24)32)45-22-6-5-18(9-21(22)31)35-27(40)20-11-36(10-19(25(20)39)16-1-3-17(30)4-2-16)15-44-46(41,42)43-14-28(33,12-37)13-38/h1-11,37-38H,12-15,33H2,(H2,32,34)(H,35,40)(H,41,42). The fourth-order valence-corrected chi connectivity index (χ4v) is 4.65. The Bertz CT molecular complexity index is 1840. The molecule has 8 N–H and O–H groups in total. The zero-order valence-electron chi connectivity index (χ0n) is 23.6. The molecule has 46 heavy (non-hydrogen) atoms. The number of phosphoric ester groups is 1. The zero-order chi connectivity index (χ0) is 33.6. The molecule has 1 unspecified atom stereocenters. The van der Waals surface area contributed by atoms with Gasteiger partial charge < -0.3 is 41.2 Å². The topological polar surface area (TPSA) is 221 Å². The number of nitrogens with two attached hydrogens (primary N) is 2. The van der Waals surface area contributed by atoms with Gasteiger partial charge in [0, 0.05) is 42.0 Å². The maximum atomic E-state index is 14.9. The van der Waals surface area contributed by atoms with Crippen LogP contribution in [-0.2, 0) is 20.3 Å². The van der Waals surface area contributed by atoms with E-state index in [-0.39, 0.29) is 39.2 Å². The second-order valence-corrected chi connectivity index (χ2v) is 11.7. The number of amides is 1. The van der Waals surface area contributed by atoms with E-state index in [1.807, 2.05) is 0 Å². The number of halogens is 3. The molecule has 0 aliphatic heterocycles. The van der Waals surface area contributed by atoms with Crippen LogP contribution in [0, 0.1) is 11.6 Å². The van der Waals surface area contributed by atoms with E-state index >= 15 is 0 Å². The molecule has 1 amide bonds. The summed E-state index contributed by atoms with van der Waals surface area (Å²) in [4.78, 5) is 40.5. The van der Waals surface area contributed by atoms with Gasteiger partial charge in [0.1, 0.15) is 29.0 Å². The summed E-state index contributed by atoms with van der Waals surface area (Å²) >= 11 is 6.04. The number of aliphatic hydroxyl groups excluding tert-OH is 2. The summed E-state index contributed by atoms with van der Waals surface area (Å²) in [5.74, 6) is -2.75. The van der Waals surface area contributed by atoms with Crippen molar-refractivity contribution in [1.82, 2.24) is 9.55 Å². The van der Waals surface area contributed by atoms with Gasteiger partial charge in [0.15, 0.2) is 17.3 Å². The van der Waals surface area contributed by atoms with Crippen molar-refractivity contribution in [1.29, 1.82) is 0 Å². The van der Waals surface area contributed by atoms with Crippen LogP contribution >= 0.6 is 19.4 Å². The molecule has 0 bridgehead atoms. The molecule has 0 aliphatic carbocycles. The molecular formula is C28H27ClF2N5O9P. The number of ether oxygens (including phenoxy) is 1. The lowest BCUT2D eigenvalue weighted by Crippen LogP contribution is -2.51. The smallest absolute Gasteiger partial charge is 0.453 e. The van der Waals surface area contributed by atoms with Crippen molar-refractivity contribution in [2.45, 2.75) is 12.3 Å². The highest BCUT2D eigenvalue weighted by Gasteiger charge is 2.30. The van der Waals surface area contributed by atoms with Crippen LogP contribution < -0.4 is 26.9 Å². The molecule has 0 saturated heterocycles. The quantitative estimate of drug-likeness (QED) is 0.112. The third-order valence-corrected chi connectivity index (χ3v) is 7.56. The number of phosphoric acid groups is 1. The van der Waals surface area contributed by atoms with E-state index in [9.17, 15) is 38.0 Å². The normalized spacial score (nSPS) is 12.8. The van der Waals surface area contributed by atoms with Crippen LogP contribution in [0.25, 0.3) is 11.1 Å². The number of aromatic nitrogens is 2. The molecule has 0 fully saturated rings. The number of nitrogens with zero attached hydrogens (tertiary/aromatic N) is 2. The van der Waals surface area contributed by atoms with E-state index in [2.05, 4.69) is 10.3 Å². The van der Waals surface area contributed by atoms with Crippen molar-refractivity contribution >= 4 is 36.8 Å². The lowest BCUT2D eigenvalue weighted by Gasteiger charge is -2.25. The molecule has 14 nitrogen and oxygen atoms in total. The van der Waals surface area contributed by atoms with Gasteiger partial charge in [-0.15, -0.1) is 0 Å². The molecule has 0 saturated carbocycles. The molecule has 4 aromatic rings. The van der Waals surface area contributed by atoms with Crippen molar-refractivity contribution in [3.63, 3.8) is 0 Å². The van der Waals surface area contributed by atoms with Crippen LogP contribution in [0.15, 0.2) is 71.9 Å². The minimum absolute atomic E-state index is 0.0299. The van der Waals surface area contributed by atoms with Crippen molar-refractivity contribution in [2.75, 3.05) is 30.9 Å². The van der Waals surface area contributed by atoms with E-state index in [4.69, 9.17) is 36.9 Å². The molecule has 2 aromatic heterocycles. The van der Waals surface area contributed by atoms with Gasteiger partial charge >= 0.3 is 7.82 Å². The Kier molecular flexibility index (Phi) is 10.9. The molecule has 4 rings (SSSR count). The monoisotopic (exact) mass is 681 g/mol. The average molecular weight is 682 g/mol. The summed E-state index contributed by atoms with van der Waals surface area (Å²) in [6.07, 6.45) is 3.50. The number of hydrogen-bond acceptors (Lipinski definition) is 11. The Balaban J connectivity index is 1.59. The largest absolute Gasteiger partial charge is 0.473 e. The number of carbonyl (C=O) groups excluding carboxylic acids is 1. The summed E-state index contributed by atoms with van der Waals surface area (Å²) in [6.45, 7) is -3.04. The van der Waals surface area contributed by atoms with Crippen molar-refractivity contribution in [3.05, 3.63) is 99.6 Å². The predicted octanol–water partition coefficient (Wildman–Crippen LogP) is 3.24. The highest BCUT2D eigenvalue weighted by molar-refractivity contribution is 7.47. The molecule has 2 aromatic carbocycles. The molecule has 18 heteroatoms. The Morgan fingerprint density at radius 1 is 1.07 bits per heavy atom. The number of nitrogen functional groups attached to an aromatic ring is 1. The van der Waals surface area contributed by atoms with E-state index in [1.54, 1.807) is 0 Å². The number of aliphatic hydroxyl groups is 2. The minimum Gasteiger partial charge on any atom is -0.453 e. The Labute approximate surface area is 264 Å². The maximum absolute atomic E-state index is 14.9. The summed E-state index contributed by atoms with van der Waals surface area (Å²) < 4.78 is 57.1. The first kappa shape index (κ1) is 34.6. The van der Waals surface area contributed by atoms with Crippen LogP contribution in [-0.4, -0.2) is 55.9 Å². The van der Waals surface area contributed by atoms with Crippen LogP contribution in [0.2, 0.25) is 5.02 Å². The van der Waals surface area contributed by atoms with Crippen molar-refractivity contribution in [3.8, 4) is 22.6 Å². The van der Waals surface area contributed by atoms with Gasteiger partial charge in [-0.05, 0) is 29.8 Å². The average Bonchev–Trinajstić information content (AvgIpc) is 3.03. The molecule has 1 atom stereocenters. The highest BCUT2D eigenvalue weighted by atomic mass is 35.5. The van der Waals surface area contributed by atoms with E-state index in [1.165, 1.54) is 42.7 Å². The SMILES string of the molecule is Nc1nccc(Oc2ccc(NC(=O)c3cn(COP(=O)(O)OCC(N)(CO)CO)cc(-c4ccc(F)cc4)c3=O)cc2F)c1Cl. The van der Waals surface area contributed by atoms with Crippen LogP contribution in [0.5, 0.6) is 11.5 Å². The molecular weight excluding hydrogens is 655 g/mol. The van der Waals surface area contributed by atoms with E-state index in [0.29, 0.717) is 0 Å². The molecule has 0 spiro atoms. The summed E-state index contributed by atoms with van der Waals surface area (Å²) in [7, 11) is -4.85. The Morgan fingerprint density at radius 3 is 2.41 bits per heavy atom. The van der Waals surface area contributed by atoms with E-state index in [0.717, 1.165) is 29.0 Å². The maximum Gasteiger partial charge on any atom is 0.473 e. The lowest BCUT2D eigenvalue weighted by molar-refractivity contribution is 0.0506. The van der Waals surface area contributed by atoms with Gasteiger partial charge in [0.05, 0.1) is 25.4 Å². The number of hydrogen-bond donors (Lipinski definition) is 6. The van der Waals surface area contributed by atoms with Gasteiger partial charge in [-0.3, -0.25) is 18.6 Å². The number of pyridine rings is 2. The first-order valence-electron chi connectivity index (χ1n) is 13.1. The fraction of sp³-hybridized carbons (Fsp3) is 0.179. The molecule has 244 valence electrons. The first-order valence-corrected chi connectivity index (χ1v) is 14.9. The van der Waals surface area contributed by atoms with Gasteiger partial charge in [-0.25, -0.2) is 18.3 Å².